The minimum Gasteiger partial charge on any atom is -0.490 e. The number of carboxylic acids is 1. The van der Waals surface area contributed by atoms with Gasteiger partial charge in [-0.15, -0.1) is 0 Å². The third-order valence-electron chi connectivity index (χ3n) is 8.55. The highest BCUT2D eigenvalue weighted by molar-refractivity contribution is 7.92. The number of carbonyl (C=O) groups excluding carboxylic acids is 1. The minimum atomic E-state index is -3.87. The molecule has 1 aromatic heterocycles. The van der Waals surface area contributed by atoms with Crippen LogP contribution >= 0.6 is 0 Å². The van der Waals surface area contributed by atoms with E-state index in [1.807, 2.05) is 0 Å². The molecule has 0 radical (unpaired) electrons. The van der Waals surface area contributed by atoms with Crippen LogP contribution in [0, 0.1) is 11.7 Å². The largest absolute Gasteiger partial charge is 0.490 e. The molecule has 0 bridgehead atoms. The Balaban J connectivity index is 1.68. The third-order valence-corrected chi connectivity index (χ3v) is 10.8. The number of carboxylic acid groups (broad SMARTS) is 1. The van der Waals surface area contributed by atoms with Crippen molar-refractivity contribution in [3.05, 3.63) is 83.8 Å². The van der Waals surface area contributed by atoms with E-state index in [4.69, 9.17) is 15.2 Å². The fraction of sp³-hybridized carbons (Fsp3) is 0.361. The number of nitrogens with zero attached hydrogens (tertiary/aromatic N) is 2. The number of hydrogen-bond donors (Lipinski definition) is 3. The molecule has 2 heterocycles. The molecule has 11 nitrogen and oxygen atoms in total. The van der Waals surface area contributed by atoms with Crippen LogP contribution < -0.4 is 20.5 Å². The van der Waals surface area contributed by atoms with E-state index in [1.54, 1.807) is 63.4 Å². The lowest BCUT2D eigenvalue weighted by atomic mass is 9.93. The van der Waals surface area contributed by atoms with Crippen LogP contribution in [-0.4, -0.2) is 59.8 Å². The molecule has 1 saturated heterocycles. The molecule has 49 heavy (non-hydrogen) atoms. The number of fused-ring (bicyclic) bond motifs is 1. The summed E-state index contributed by atoms with van der Waals surface area (Å²) in [7, 11) is -3.87. The molecule has 3 atom stereocenters. The first-order valence-electron chi connectivity index (χ1n) is 16.1. The van der Waals surface area contributed by atoms with Gasteiger partial charge in [-0.1, -0.05) is 18.2 Å². The van der Waals surface area contributed by atoms with Crippen molar-refractivity contribution in [2.75, 3.05) is 24.2 Å². The molecular formula is C36H41FN4O7S. The summed E-state index contributed by atoms with van der Waals surface area (Å²) in [6.45, 7) is 8.66. The van der Waals surface area contributed by atoms with Crippen LogP contribution in [0.4, 0.5) is 15.9 Å². The Kier molecular flexibility index (Phi) is 10.3. The van der Waals surface area contributed by atoms with E-state index in [0.29, 0.717) is 16.9 Å². The lowest BCUT2D eigenvalue weighted by Crippen LogP contribution is -2.40. The van der Waals surface area contributed by atoms with Crippen molar-refractivity contribution in [1.29, 1.82) is 0 Å². The predicted octanol–water partition coefficient (Wildman–Crippen LogP) is 6.15. The Morgan fingerprint density at radius 1 is 1.08 bits per heavy atom. The van der Waals surface area contributed by atoms with Crippen LogP contribution in [0.5, 0.6) is 11.5 Å². The summed E-state index contributed by atoms with van der Waals surface area (Å²) in [5.41, 5.74) is 6.63. The van der Waals surface area contributed by atoms with Gasteiger partial charge in [0, 0.05) is 35.4 Å². The zero-order chi connectivity index (χ0) is 35.6. The second-order valence-corrected chi connectivity index (χ2v) is 14.9. The highest BCUT2D eigenvalue weighted by atomic mass is 32.2. The molecule has 5 rings (SSSR count). The standard InChI is InChI=1S/C36H41FN4O7S/c1-6-47-29-18-27(28(37)19-30(29)48-20(2)3)32(40-23-11-12-24-22(17-23)13-15-39-34(24)38)35(42)41-16-14-26(36(43)44)33(41)25-9-7-8-10-31(25)49(45,46)21(4)5/h7-13,15,17-21,26,32-33,40H,6,14,16H2,1-5H3,(H2,38,39)(H,43,44)/t26-,32?,33-/m0/s1. The number of benzene rings is 3. The van der Waals surface area contributed by atoms with E-state index in [9.17, 15) is 23.1 Å². The lowest BCUT2D eigenvalue weighted by molar-refractivity contribution is -0.143. The number of aromatic nitrogens is 1. The molecule has 3 aromatic carbocycles. The van der Waals surface area contributed by atoms with E-state index < -0.39 is 50.8 Å². The van der Waals surface area contributed by atoms with E-state index in [2.05, 4.69) is 10.3 Å². The van der Waals surface area contributed by atoms with Crippen LogP contribution in [0.3, 0.4) is 0 Å². The number of pyridine rings is 1. The first-order valence-corrected chi connectivity index (χ1v) is 17.7. The number of nitrogens with two attached hydrogens (primary N) is 1. The molecule has 4 aromatic rings. The average Bonchev–Trinajstić information content (AvgIpc) is 3.50. The molecule has 0 spiro atoms. The Labute approximate surface area is 285 Å². The molecule has 1 amide bonds. The molecule has 0 saturated carbocycles. The number of halogens is 1. The van der Waals surface area contributed by atoms with E-state index in [-0.39, 0.29) is 53.2 Å². The van der Waals surface area contributed by atoms with E-state index in [0.717, 1.165) is 5.39 Å². The van der Waals surface area contributed by atoms with Crippen LogP contribution in [-0.2, 0) is 19.4 Å². The fourth-order valence-corrected chi connectivity index (χ4v) is 7.50. The first-order chi connectivity index (χ1) is 23.2. The first kappa shape index (κ1) is 35.4. The van der Waals surface area contributed by atoms with Gasteiger partial charge >= 0.3 is 5.97 Å². The minimum absolute atomic E-state index is 0.0108. The number of ether oxygens (including phenoxy) is 2. The summed E-state index contributed by atoms with van der Waals surface area (Å²) in [4.78, 5) is 32.9. The van der Waals surface area contributed by atoms with Gasteiger partial charge in [-0.05, 0) is 88.4 Å². The van der Waals surface area contributed by atoms with E-state index >= 15 is 4.39 Å². The van der Waals surface area contributed by atoms with Gasteiger partial charge in [0.1, 0.15) is 17.7 Å². The molecule has 1 fully saturated rings. The molecular weight excluding hydrogens is 651 g/mol. The van der Waals surface area contributed by atoms with Crippen molar-refractivity contribution in [1.82, 2.24) is 9.88 Å². The van der Waals surface area contributed by atoms with Gasteiger partial charge in [-0.2, -0.15) is 0 Å². The van der Waals surface area contributed by atoms with Crippen molar-refractivity contribution >= 4 is 44.0 Å². The Hall–Kier alpha value is -4.91. The number of nitrogens with one attached hydrogen (secondary N) is 1. The number of rotatable bonds is 12. The van der Waals surface area contributed by atoms with Gasteiger partial charge in [0.25, 0.3) is 0 Å². The Morgan fingerprint density at radius 3 is 2.49 bits per heavy atom. The molecule has 1 aliphatic rings. The van der Waals surface area contributed by atoms with Gasteiger partial charge in [0.15, 0.2) is 21.3 Å². The number of nitrogen functional groups attached to an aromatic ring is 1. The Morgan fingerprint density at radius 2 is 1.82 bits per heavy atom. The van der Waals surface area contributed by atoms with Crippen molar-refractivity contribution < 1.29 is 37.0 Å². The number of anilines is 2. The highest BCUT2D eigenvalue weighted by Gasteiger charge is 2.46. The summed E-state index contributed by atoms with van der Waals surface area (Å²) < 4.78 is 54.8. The number of sulfone groups is 1. The Bertz CT molecular complexity index is 1990. The van der Waals surface area contributed by atoms with Crippen LogP contribution in [0.15, 0.2) is 71.8 Å². The van der Waals surface area contributed by atoms with Gasteiger partial charge < -0.3 is 30.5 Å². The zero-order valence-corrected chi connectivity index (χ0v) is 28.8. The normalized spacial score (nSPS) is 17.0. The maximum absolute atomic E-state index is 16.2. The van der Waals surface area contributed by atoms with Gasteiger partial charge in [-0.25, -0.2) is 17.8 Å². The number of amides is 1. The van der Waals surface area contributed by atoms with Crippen LogP contribution in [0.25, 0.3) is 10.8 Å². The third kappa shape index (κ3) is 7.12. The lowest BCUT2D eigenvalue weighted by Gasteiger charge is -2.33. The smallest absolute Gasteiger partial charge is 0.309 e. The summed E-state index contributed by atoms with van der Waals surface area (Å²) in [6.07, 6.45) is 1.32. The average molecular weight is 693 g/mol. The molecule has 0 aliphatic carbocycles. The predicted molar refractivity (Wildman–Crippen MR) is 185 cm³/mol. The zero-order valence-electron chi connectivity index (χ0n) is 28.0. The molecule has 1 aliphatic heterocycles. The van der Waals surface area contributed by atoms with Crippen molar-refractivity contribution in [2.45, 2.75) is 69.4 Å². The molecule has 260 valence electrons. The molecule has 4 N–H and O–H groups in total. The highest BCUT2D eigenvalue weighted by Crippen LogP contribution is 2.44. The van der Waals surface area contributed by atoms with Gasteiger partial charge in [0.2, 0.25) is 5.91 Å². The summed E-state index contributed by atoms with van der Waals surface area (Å²) in [5.74, 6) is -3.00. The second-order valence-electron chi connectivity index (χ2n) is 12.5. The number of hydrogen-bond acceptors (Lipinski definition) is 9. The number of likely N-dealkylation sites (tertiary alicyclic amines) is 1. The fourth-order valence-electron chi connectivity index (χ4n) is 6.20. The van der Waals surface area contributed by atoms with Gasteiger partial charge in [-0.3, -0.25) is 9.59 Å². The van der Waals surface area contributed by atoms with Crippen molar-refractivity contribution in [3.63, 3.8) is 0 Å². The number of carbonyl (C=O) groups is 2. The van der Waals surface area contributed by atoms with E-state index in [1.165, 1.54) is 43.0 Å². The maximum atomic E-state index is 16.2. The molecule has 1 unspecified atom stereocenters. The van der Waals surface area contributed by atoms with Crippen molar-refractivity contribution in [2.24, 2.45) is 5.92 Å². The maximum Gasteiger partial charge on any atom is 0.309 e. The second kappa shape index (κ2) is 14.3. The van der Waals surface area contributed by atoms with Crippen LogP contribution in [0.2, 0.25) is 0 Å². The summed E-state index contributed by atoms with van der Waals surface area (Å²) in [6, 6.07) is 13.1. The monoisotopic (exact) mass is 692 g/mol. The van der Waals surface area contributed by atoms with Crippen LogP contribution in [0.1, 0.15) is 64.3 Å². The molecule has 13 heteroatoms. The quantitative estimate of drug-likeness (QED) is 0.157. The summed E-state index contributed by atoms with van der Waals surface area (Å²) >= 11 is 0. The topological polar surface area (TPSA) is 161 Å². The summed E-state index contributed by atoms with van der Waals surface area (Å²) in [5, 5.41) is 14.1. The SMILES string of the molecule is CCOc1cc(C(Nc2ccc3c(N)nccc3c2)C(=O)N2CC[C@H](C(=O)O)[C@@H]2c2ccccc2S(=O)(=O)C(C)C)c(F)cc1OC(C)C. The number of aliphatic carboxylic acids is 1. The van der Waals surface area contributed by atoms with Gasteiger partial charge in [0.05, 0.1) is 34.8 Å². The van der Waals surface area contributed by atoms with Crippen molar-refractivity contribution in [3.8, 4) is 11.5 Å².